The minimum absolute atomic E-state index is 0.0768. The number of anilines is 2. The lowest BCUT2D eigenvalue weighted by Crippen LogP contribution is -2.29. The number of rotatable bonds is 9. The van der Waals surface area contributed by atoms with E-state index in [1.54, 1.807) is 78.9 Å². The highest BCUT2D eigenvalue weighted by atomic mass is 35.5. The van der Waals surface area contributed by atoms with Crippen molar-refractivity contribution in [1.29, 1.82) is 0 Å². The molecule has 3 rings (SSSR count). The van der Waals surface area contributed by atoms with E-state index in [1.165, 1.54) is 4.31 Å². The second-order valence-electron chi connectivity index (χ2n) is 7.44. The first kappa shape index (κ1) is 25.0. The maximum absolute atomic E-state index is 12.8. The summed E-state index contributed by atoms with van der Waals surface area (Å²) in [6.45, 7) is 3.95. The summed E-state index contributed by atoms with van der Waals surface area (Å²) >= 11 is 6.02. The third-order valence-corrected chi connectivity index (χ3v) is 6.24. The molecule has 3 aromatic rings. The number of hydrogen-bond donors (Lipinski definition) is 2. The highest BCUT2D eigenvalue weighted by Gasteiger charge is 2.19. The van der Waals surface area contributed by atoms with Gasteiger partial charge in [0.05, 0.1) is 29.7 Å². The van der Waals surface area contributed by atoms with Gasteiger partial charge in [-0.2, -0.15) is 0 Å². The fourth-order valence-electron chi connectivity index (χ4n) is 3.20. The van der Waals surface area contributed by atoms with Crippen LogP contribution in [0.2, 0.25) is 5.02 Å². The van der Waals surface area contributed by atoms with Crippen molar-refractivity contribution in [2.75, 3.05) is 22.4 Å². The largest absolute Gasteiger partial charge is 0.349 e. The SMILES string of the molecule is C=CCNC(=O)c1ccccc1NC(=O)c1ccc(CN(c2cccc(Cl)c2)S(C)(=O)=O)cc1. The van der Waals surface area contributed by atoms with E-state index >= 15 is 0 Å². The minimum Gasteiger partial charge on any atom is -0.349 e. The zero-order chi connectivity index (χ0) is 24.7. The highest BCUT2D eigenvalue weighted by Crippen LogP contribution is 2.24. The molecule has 0 fully saturated rings. The molecule has 0 atom stereocenters. The van der Waals surface area contributed by atoms with Crippen LogP contribution in [0.1, 0.15) is 26.3 Å². The monoisotopic (exact) mass is 497 g/mol. The maximum atomic E-state index is 12.8. The van der Waals surface area contributed by atoms with Gasteiger partial charge < -0.3 is 10.6 Å². The normalized spacial score (nSPS) is 10.9. The minimum atomic E-state index is -3.57. The Balaban J connectivity index is 1.76. The van der Waals surface area contributed by atoms with E-state index < -0.39 is 15.9 Å². The summed E-state index contributed by atoms with van der Waals surface area (Å²) in [5.74, 6) is -0.724. The van der Waals surface area contributed by atoms with Crippen LogP contribution in [0.25, 0.3) is 0 Å². The molecule has 2 N–H and O–H groups in total. The van der Waals surface area contributed by atoms with E-state index in [-0.39, 0.29) is 12.5 Å². The summed E-state index contributed by atoms with van der Waals surface area (Å²) in [5.41, 5.74) is 2.20. The highest BCUT2D eigenvalue weighted by molar-refractivity contribution is 7.92. The van der Waals surface area contributed by atoms with Crippen molar-refractivity contribution in [2.24, 2.45) is 0 Å². The fourth-order valence-corrected chi connectivity index (χ4v) is 4.27. The average molecular weight is 498 g/mol. The predicted molar refractivity (Wildman–Crippen MR) is 136 cm³/mol. The van der Waals surface area contributed by atoms with Crippen LogP contribution >= 0.6 is 11.6 Å². The van der Waals surface area contributed by atoms with Crippen molar-refractivity contribution < 1.29 is 18.0 Å². The van der Waals surface area contributed by atoms with Crippen LogP contribution in [0.15, 0.2) is 85.5 Å². The van der Waals surface area contributed by atoms with Gasteiger partial charge >= 0.3 is 0 Å². The molecular formula is C25H24ClN3O4S. The molecule has 0 unspecified atom stereocenters. The van der Waals surface area contributed by atoms with Crippen LogP contribution < -0.4 is 14.9 Å². The number of nitrogens with zero attached hydrogens (tertiary/aromatic N) is 1. The van der Waals surface area contributed by atoms with Crippen LogP contribution in [0.5, 0.6) is 0 Å². The van der Waals surface area contributed by atoms with E-state index in [4.69, 9.17) is 11.6 Å². The van der Waals surface area contributed by atoms with E-state index in [2.05, 4.69) is 17.2 Å². The lowest BCUT2D eigenvalue weighted by atomic mass is 10.1. The number of nitrogens with one attached hydrogen (secondary N) is 2. The van der Waals surface area contributed by atoms with E-state index in [0.29, 0.717) is 39.6 Å². The van der Waals surface area contributed by atoms with Gasteiger partial charge in [0.15, 0.2) is 0 Å². The molecule has 9 heteroatoms. The van der Waals surface area contributed by atoms with E-state index in [1.807, 2.05) is 0 Å². The number of para-hydroxylation sites is 1. The van der Waals surface area contributed by atoms with Crippen LogP contribution in [-0.4, -0.2) is 33.0 Å². The molecule has 0 aliphatic heterocycles. The molecule has 0 aliphatic rings. The number of amides is 2. The maximum Gasteiger partial charge on any atom is 0.255 e. The molecule has 0 saturated heterocycles. The van der Waals surface area contributed by atoms with Gasteiger partial charge in [-0.3, -0.25) is 13.9 Å². The summed E-state index contributed by atoms with van der Waals surface area (Å²) in [6, 6.07) is 19.8. The first-order chi connectivity index (χ1) is 16.2. The number of sulfonamides is 1. The molecule has 3 aromatic carbocycles. The topological polar surface area (TPSA) is 95.6 Å². The Hall–Kier alpha value is -3.62. The standard InChI is InChI=1S/C25H24ClN3O4S/c1-3-15-27-25(31)22-9-4-5-10-23(22)28-24(30)19-13-11-18(12-14-19)17-29(34(2,32)33)21-8-6-7-20(26)16-21/h3-14,16H,1,15,17H2,2H3,(H,27,31)(H,28,30). The van der Waals surface area contributed by atoms with Crippen molar-refractivity contribution >= 4 is 44.8 Å². The van der Waals surface area contributed by atoms with Gasteiger partial charge in [-0.25, -0.2) is 8.42 Å². The average Bonchev–Trinajstić information content (AvgIpc) is 2.81. The van der Waals surface area contributed by atoms with Gasteiger partial charge in [0.2, 0.25) is 10.0 Å². The summed E-state index contributed by atoms with van der Waals surface area (Å²) in [6.07, 6.45) is 2.69. The Morgan fingerprint density at radius 2 is 1.71 bits per heavy atom. The van der Waals surface area contributed by atoms with Crippen molar-refractivity contribution in [3.63, 3.8) is 0 Å². The molecule has 0 spiro atoms. The smallest absolute Gasteiger partial charge is 0.255 e. The third kappa shape index (κ3) is 6.46. The van der Waals surface area contributed by atoms with Crippen molar-refractivity contribution in [2.45, 2.75) is 6.54 Å². The number of carbonyl (C=O) groups is 2. The van der Waals surface area contributed by atoms with Crippen LogP contribution in [0.3, 0.4) is 0 Å². The van der Waals surface area contributed by atoms with Gasteiger partial charge in [-0.05, 0) is 48.0 Å². The van der Waals surface area contributed by atoms with Crippen molar-refractivity contribution in [3.05, 3.63) is 107 Å². The summed E-state index contributed by atoms with van der Waals surface area (Å²) in [4.78, 5) is 25.1. The second-order valence-corrected chi connectivity index (χ2v) is 9.79. The Bertz CT molecular complexity index is 1310. The molecule has 0 bridgehead atoms. The Morgan fingerprint density at radius 3 is 2.35 bits per heavy atom. The summed E-state index contributed by atoms with van der Waals surface area (Å²) in [5, 5.41) is 5.87. The predicted octanol–water partition coefficient (Wildman–Crippen LogP) is 4.47. The molecule has 0 aliphatic carbocycles. The van der Waals surface area contributed by atoms with Gasteiger partial charge in [0.1, 0.15) is 0 Å². The zero-order valence-electron chi connectivity index (χ0n) is 18.5. The lowest BCUT2D eigenvalue weighted by Gasteiger charge is -2.22. The number of carbonyl (C=O) groups excluding carboxylic acids is 2. The number of halogens is 1. The van der Waals surface area contributed by atoms with Gasteiger partial charge in [0.25, 0.3) is 11.8 Å². The molecule has 7 nitrogen and oxygen atoms in total. The van der Waals surface area contributed by atoms with E-state index in [9.17, 15) is 18.0 Å². The molecule has 0 saturated carbocycles. The fraction of sp³-hybridized carbons (Fsp3) is 0.120. The summed E-state index contributed by atoms with van der Waals surface area (Å²) < 4.78 is 26.0. The molecule has 0 heterocycles. The van der Waals surface area contributed by atoms with Gasteiger partial charge in [-0.1, -0.05) is 48.0 Å². The van der Waals surface area contributed by atoms with Crippen LogP contribution in [-0.2, 0) is 16.6 Å². The molecule has 2 amide bonds. The Kier molecular flexibility index (Phi) is 8.09. The molecular weight excluding hydrogens is 474 g/mol. The molecule has 34 heavy (non-hydrogen) atoms. The van der Waals surface area contributed by atoms with Gasteiger partial charge in [0, 0.05) is 17.1 Å². The van der Waals surface area contributed by atoms with Crippen LogP contribution in [0.4, 0.5) is 11.4 Å². The first-order valence-electron chi connectivity index (χ1n) is 10.3. The second kappa shape index (κ2) is 11.0. The Morgan fingerprint density at radius 1 is 1.00 bits per heavy atom. The van der Waals surface area contributed by atoms with Gasteiger partial charge in [-0.15, -0.1) is 6.58 Å². The molecule has 0 radical (unpaired) electrons. The third-order valence-electron chi connectivity index (χ3n) is 4.87. The quantitative estimate of drug-likeness (QED) is 0.426. The first-order valence-corrected chi connectivity index (χ1v) is 12.5. The number of benzene rings is 3. The molecule has 176 valence electrons. The molecule has 0 aromatic heterocycles. The van der Waals surface area contributed by atoms with Crippen molar-refractivity contribution in [1.82, 2.24) is 5.32 Å². The zero-order valence-corrected chi connectivity index (χ0v) is 20.1. The van der Waals surface area contributed by atoms with Crippen molar-refractivity contribution in [3.8, 4) is 0 Å². The van der Waals surface area contributed by atoms with E-state index in [0.717, 1.165) is 6.26 Å². The lowest BCUT2D eigenvalue weighted by molar-refractivity contribution is 0.0959. The Labute approximate surface area is 204 Å². The van der Waals surface area contributed by atoms with Crippen LogP contribution in [0, 0.1) is 0 Å². The summed E-state index contributed by atoms with van der Waals surface area (Å²) in [7, 11) is -3.57. The number of hydrogen-bond acceptors (Lipinski definition) is 4.